The number of benzene rings is 3. The summed E-state index contributed by atoms with van der Waals surface area (Å²) in [5.41, 5.74) is 3.80. The van der Waals surface area contributed by atoms with Crippen molar-refractivity contribution in [2.75, 3.05) is 7.11 Å². The van der Waals surface area contributed by atoms with Crippen LogP contribution >= 0.6 is 0 Å². The third kappa shape index (κ3) is 3.80. The predicted octanol–water partition coefficient (Wildman–Crippen LogP) is 5.01. The zero-order chi connectivity index (χ0) is 20.2. The van der Waals surface area contributed by atoms with Gasteiger partial charge < -0.3 is 9.84 Å². The number of carboxylic acid groups (broad SMARTS) is 1. The van der Waals surface area contributed by atoms with Gasteiger partial charge >= 0.3 is 5.97 Å². The molecule has 4 aromatic rings. The number of carboxylic acids is 1. The Morgan fingerprint density at radius 1 is 0.966 bits per heavy atom. The van der Waals surface area contributed by atoms with Gasteiger partial charge in [-0.25, -0.2) is 4.79 Å². The highest BCUT2D eigenvalue weighted by Gasteiger charge is 2.15. The first-order valence-electron chi connectivity index (χ1n) is 9.03. The molecular formula is C25H17NO3. The Hall–Kier alpha value is -4.10. The van der Waals surface area contributed by atoms with Crippen LogP contribution in [0, 0.1) is 11.8 Å². The first kappa shape index (κ1) is 18.3. The minimum absolute atomic E-state index is 0.198. The zero-order valence-electron chi connectivity index (χ0n) is 15.7. The van der Waals surface area contributed by atoms with E-state index in [9.17, 15) is 9.90 Å². The molecule has 0 spiro atoms. The van der Waals surface area contributed by atoms with Crippen LogP contribution < -0.4 is 4.74 Å². The van der Waals surface area contributed by atoms with E-state index in [0.29, 0.717) is 11.1 Å². The van der Waals surface area contributed by atoms with Crippen molar-refractivity contribution in [3.05, 3.63) is 95.7 Å². The van der Waals surface area contributed by atoms with Crippen LogP contribution in [0.2, 0.25) is 0 Å². The van der Waals surface area contributed by atoms with Gasteiger partial charge in [0.05, 0.1) is 18.2 Å². The summed E-state index contributed by atoms with van der Waals surface area (Å²) in [7, 11) is 1.61. The molecule has 0 atom stereocenters. The van der Waals surface area contributed by atoms with Crippen molar-refractivity contribution >= 4 is 16.9 Å². The Kier molecular flexibility index (Phi) is 4.96. The average Bonchev–Trinajstić information content (AvgIpc) is 2.77. The highest BCUT2D eigenvalue weighted by atomic mass is 16.5. The molecule has 0 saturated carbocycles. The number of hydrogen-bond donors (Lipinski definition) is 1. The molecule has 4 rings (SSSR count). The number of aromatic carboxylic acids is 1. The van der Waals surface area contributed by atoms with Gasteiger partial charge in [-0.05, 0) is 48.5 Å². The number of methoxy groups -OCH3 is 1. The molecule has 4 heteroatoms. The lowest BCUT2D eigenvalue weighted by molar-refractivity contribution is 0.0697. The SMILES string of the molecule is COc1ccc(C#Cc2cccc(C(=O)O)c2-c2cnc3ccccc3c2)cc1. The summed E-state index contributed by atoms with van der Waals surface area (Å²) in [6.07, 6.45) is 1.70. The van der Waals surface area contributed by atoms with Crippen LogP contribution in [0.15, 0.2) is 79.0 Å². The van der Waals surface area contributed by atoms with Crippen molar-refractivity contribution in [1.82, 2.24) is 4.98 Å². The third-order valence-corrected chi connectivity index (χ3v) is 4.61. The second kappa shape index (κ2) is 7.87. The van der Waals surface area contributed by atoms with Crippen LogP contribution in [0.4, 0.5) is 0 Å². The zero-order valence-corrected chi connectivity index (χ0v) is 15.7. The number of aromatic nitrogens is 1. The fourth-order valence-electron chi connectivity index (χ4n) is 3.17. The smallest absolute Gasteiger partial charge is 0.336 e. The minimum Gasteiger partial charge on any atom is -0.497 e. The van der Waals surface area contributed by atoms with Gasteiger partial charge in [0.15, 0.2) is 0 Å². The quantitative estimate of drug-likeness (QED) is 0.509. The van der Waals surface area contributed by atoms with Crippen molar-refractivity contribution in [2.45, 2.75) is 0 Å². The summed E-state index contributed by atoms with van der Waals surface area (Å²) in [5, 5.41) is 10.7. The van der Waals surface area contributed by atoms with E-state index >= 15 is 0 Å². The van der Waals surface area contributed by atoms with E-state index in [-0.39, 0.29) is 5.56 Å². The Morgan fingerprint density at radius 3 is 2.52 bits per heavy atom. The van der Waals surface area contributed by atoms with E-state index < -0.39 is 5.97 Å². The standard InChI is InChI=1S/C25H17NO3/c1-29-21-13-10-17(11-14-21)9-12-18-6-4-7-22(25(27)28)24(18)20-15-19-5-2-3-8-23(19)26-16-20/h2-8,10-11,13-16H,1H3,(H,27,28). The third-order valence-electron chi connectivity index (χ3n) is 4.61. The fraction of sp³-hybridized carbons (Fsp3) is 0.0400. The van der Waals surface area contributed by atoms with Crippen LogP contribution in [0.1, 0.15) is 21.5 Å². The average molecular weight is 379 g/mol. The Labute approximate surface area is 168 Å². The van der Waals surface area contributed by atoms with Crippen molar-refractivity contribution in [3.63, 3.8) is 0 Å². The van der Waals surface area contributed by atoms with E-state index in [1.165, 1.54) is 0 Å². The molecule has 4 nitrogen and oxygen atoms in total. The largest absolute Gasteiger partial charge is 0.497 e. The van der Waals surface area contributed by atoms with Crippen molar-refractivity contribution < 1.29 is 14.6 Å². The van der Waals surface area contributed by atoms with E-state index in [1.807, 2.05) is 60.7 Å². The van der Waals surface area contributed by atoms with Crippen LogP contribution in [0.25, 0.3) is 22.0 Å². The Morgan fingerprint density at radius 2 is 1.76 bits per heavy atom. The van der Waals surface area contributed by atoms with Crippen LogP contribution in [-0.2, 0) is 0 Å². The first-order chi connectivity index (χ1) is 14.2. The van der Waals surface area contributed by atoms with E-state index in [0.717, 1.165) is 27.8 Å². The monoisotopic (exact) mass is 379 g/mol. The summed E-state index contributed by atoms with van der Waals surface area (Å²) in [5.74, 6) is 5.99. The molecule has 3 aromatic carbocycles. The molecule has 0 aliphatic rings. The molecule has 0 aliphatic heterocycles. The molecule has 0 fully saturated rings. The van der Waals surface area contributed by atoms with Gasteiger partial charge in [-0.2, -0.15) is 0 Å². The van der Waals surface area contributed by atoms with Crippen LogP contribution in [0.5, 0.6) is 5.75 Å². The maximum Gasteiger partial charge on any atom is 0.336 e. The number of hydrogen-bond acceptors (Lipinski definition) is 3. The minimum atomic E-state index is -0.999. The lowest BCUT2D eigenvalue weighted by Gasteiger charge is -2.10. The van der Waals surface area contributed by atoms with E-state index in [1.54, 1.807) is 25.4 Å². The lowest BCUT2D eigenvalue weighted by atomic mass is 9.94. The topological polar surface area (TPSA) is 59.4 Å². The molecule has 140 valence electrons. The number of rotatable bonds is 3. The summed E-state index contributed by atoms with van der Waals surface area (Å²) < 4.78 is 5.17. The molecule has 0 amide bonds. The first-order valence-corrected chi connectivity index (χ1v) is 9.03. The predicted molar refractivity (Wildman–Crippen MR) is 113 cm³/mol. The molecule has 29 heavy (non-hydrogen) atoms. The summed E-state index contributed by atoms with van der Waals surface area (Å²) >= 11 is 0. The normalized spacial score (nSPS) is 10.2. The second-order valence-corrected chi connectivity index (χ2v) is 6.43. The van der Waals surface area contributed by atoms with Gasteiger partial charge in [-0.15, -0.1) is 0 Å². The Bertz CT molecular complexity index is 1260. The van der Waals surface area contributed by atoms with Gasteiger partial charge in [0.2, 0.25) is 0 Å². The number of para-hydroxylation sites is 1. The Balaban J connectivity index is 1.85. The van der Waals surface area contributed by atoms with E-state index in [2.05, 4.69) is 16.8 Å². The fourth-order valence-corrected chi connectivity index (χ4v) is 3.17. The van der Waals surface area contributed by atoms with Crippen molar-refractivity contribution in [3.8, 4) is 28.7 Å². The molecular weight excluding hydrogens is 362 g/mol. The summed E-state index contributed by atoms with van der Waals surface area (Å²) in [6, 6.07) is 22.2. The van der Waals surface area contributed by atoms with Crippen molar-refractivity contribution in [1.29, 1.82) is 0 Å². The van der Waals surface area contributed by atoms with Gasteiger partial charge in [0.25, 0.3) is 0 Å². The molecule has 1 aromatic heterocycles. The lowest BCUT2D eigenvalue weighted by Crippen LogP contribution is -2.02. The molecule has 0 unspecified atom stereocenters. The molecule has 1 N–H and O–H groups in total. The number of pyridine rings is 1. The molecule has 0 radical (unpaired) electrons. The van der Waals surface area contributed by atoms with Gasteiger partial charge in [-0.3, -0.25) is 4.98 Å². The number of ether oxygens (including phenoxy) is 1. The number of fused-ring (bicyclic) bond motifs is 1. The molecule has 1 heterocycles. The van der Waals surface area contributed by atoms with Gasteiger partial charge in [0.1, 0.15) is 5.75 Å². The number of nitrogens with zero attached hydrogens (tertiary/aromatic N) is 1. The highest BCUT2D eigenvalue weighted by molar-refractivity contribution is 5.99. The molecule has 0 bridgehead atoms. The van der Waals surface area contributed by atoms with Crippen molar-refractivity contribution in [2.24, 2.45) is 0 Å². The maximum atomic E-state index is 11.9. The van der Waals surface area contributed by atoms with Gasteiger partial charge in [0, 0.05) is 33.8 Å². The molecule has 0 aliphatic carbocycles. The summed E-state index contributed by atoms with van der Waals surface area (Å²) in [4.78, 5) is 16.4. The highest BCUT2D eigenvalue weighted by Crippen LogP contribution is 2.29. The maximum absolute atomic E-state index is 11.9. The van der Waals surface area contributed by atoms with Crippen LogP contribution in [0.3, 0.4) is 0 Å². The second-order valence-electron chi connectivity index (χ2n) is 6.43. The molecule has 0 saturated heterocycles. The van der Waals surface area contributed by atoms with Gasteiger partial charge in [-0.1, -0.05) is 36.1 Å². The summed E-state index contributed by atoms with van der Waals surface area (Å²) in [6.45, 7) is 0. The van der Waals surface area contributed by atoms with E-state index in [4.69, 9.17) is 4.74 Å². The number of carbonyl (C=O) groups is 1. The van der Waals surface area contributed by atoms with Crippen LogP contribution in [-0.4, -0.2) is 23.2 Å².